The van der Waals surface area contributed by atoms with Crippen LogP contribution in [0.25, 0.3) is 0 Å². The van der Waals surface area contributed by atoms with Crippen molar-refractivity contribution in [3.8, 4) is 0 Å². The fourth-order valence-electron chi connectivity index (χ4n) is 1.51. The minimum atomic E-state index is -3.49. The molecule has 0 amide bonds. The molecule has 2 aromatic rings. The molecule has 7 heteroatoms. The maximum atomic E-state index is 12.0. The largest absolute Gasteiger partial charge is 0.399 e. The van der Waals surface area contributed by atoms with Crippen LogP contribution in [0.15, 0.2) is 42.6 Å². The van der Waals surface area contributed by atoms with Crippen LogP contribution in [0, 0.1) is 0 Å². The highest BCUT2D eigenvalue weighted by Crippen LogP contribution is 2.16. The Bertz CT molecular complexity index is 672. The number of nitrogen functional groups attached to an aromatic ring is 1. The molecule has 0 bridgehead atoms. The van der Waals surface area contributed by atoms with Crippen LogP contribution < -0.4 is 10.5 Å². The quantitative estimate of drug-likeness (QED) is 0.669. The van der Waals surface area contributed by atoms with Gasteiger partial charge >= 0.3 is 0 Å². The van der Waals surface area contributed by atoms with Crippen LogP contribution in [0.2, 0.25) is 5.15 Å². The van der Waals surface area contributed by atoms with Gasteiger partial charge in [0.25, 0.3) is 0 Å². The first kappa shape index (κ1) is 13.6. The fraction of sp³-hybridized carbons (Fsp3) is 0.0833. The Hall–Kier alpha value is -1.79. The average Bonchev–Trinajstić information content (AvgIpc) is 2.31. The van der Waals surface area contributed by atoms with E-state index in [1.165, 1.54) is 18.3 Å². The number of hydrogen-bond donors (Lipinski definition) is 2. The molecule has 100 valence electrons. The predicted octanol–water partition coefficient (Wildman–Crippen LogP) is 2.26. The van der Waals surface area contributed by atoms with Crippen LogP contribution in [0.1, 0.15) is 5.56 Å². The van der Waals surface area contributed by atoms with Crippen molar-refractivity contribution in [2.45, 2.75) is 5.75 Å². The first-order valence-electron chi connectivity index (χ1n) is 5.41. The summed E-state index contributed by atoms with van der Waals surface area (Å²) < 4.78 is 26.4. The van der Waals surface area contributed by atoms with Gasteiger partial charge in [0.05, 0.1) is 11.4 Å². The number of hydrogen-bond acceptors (Lipinski definition) is 4. The topological polar surface area (TPSA) is 85.1 Å². The van der Waals surface area contributed by atoms with E-state index in [4.69, 9.17) is 17.3 Å². The van der Waals surface area contributed by atoms with Gasteiger partial charge < -0.3 is 5.73 Å². The van der Waals surface area contributed by atoms with E-state index < -0.39 is 10.0 Å². The summed E-state index contributed by atoms with van der Waals surface area (Å²) >= 11 is 5.69. The van der Waals surface area contributed by atoms with Crippen LogP contribution in [-0.4, -0.2) is 13.4 Å². The maximum Gasteiger partial charge on any atom is 0.236 e. The van der Waals surface area contributed by atoms with Gasteiger partial charge in [-0.1, -0.05) is 23.7 Å². The Morgan fingerprint density at radius 1 is 1.21 bits per heavy atom. The van der Waals surface area contributed by atoms with E-state index in [1.54, 1.807) is 24.3 Å². The van der Waals surface area contributed by atoms with Crippen molar-refractivity contribution in [1.29, 1.82) is 0 Å². The molecule has 0 saturated heterocycles. The number of halogens is 1. The zero-order valence-corrected chi connectivity index (χ0v) is 11.4. The lowest BCUT2D eigenvalue weighted by Gasteiger charge is -2.08. The summed E-state index contributed by atoms with van der Waals surface area (Å²) in [6.07, 6.45) is 1.43. The average molecular weight is 298 g/mol. The van der Waals surface area contributed by atoms with E-state index in [2.05, 4.69) is 9.71 Å². The molecular weight excluding hydrogens is 286 g/mol. The van der Waals surface area contributed by atoms with Gasteiger partial charge in [-0.2, -0.15) is 0 Å². The van der Waals surface area contributed by atoms with E-state index in [0.717, 1.165) is 0 Å². The summed E-state index contributed by atoms with van der Waals surface area (Å²) in [5, 5.41) is 0.229. The third kappa shape index (κ3) is 4.11. The molecule has 1 aromatic carbocycles. The second kappa shape index (κ2) is 5.46. The molecule has 0 atom stereocenters. The van der Waals surface area contributed by atoms with E-state index in [-0.39, 0.29) is 10.9 Å². The Morgan fingerprint density at radius 2 is 1.89 bits per heavy atom. The third-order valence-electron chi connectivity index (χ3n) is 2.34. The van der Waals surface area contributed by atoms with Crippen LogP contribution in [0.3, 0.4) is 0 Å². The van der Waals surface area contributed by atoms with Gasteiger partial charge in [-0.25, -0.2) is 13.4 Å². The molecule has 0 spiro atoms. The second-order valence-electron chi connectivity index (χ2n) is 3.97. The minimum Gasteiger partial charge on any atom is -0.399 e. The second-order valence-corrected chi connectivity index (χ2v) is 6.08. The van der Waals surface area contributed by atoms with Gasteiger partial charge in [-0.3, -0.25) is 4.72 Å². The van der Waals surface area contributed by atoms with Crippen molar-refractivity contribution in [2.24, 2.45) is 0 Å². The third-order valence-corrected chi connectivity index (χ3v) is 3.80. The number of rotatable bonds is 4. The Kier molecular flexibility index (Phi) is 3.92. The van der Waals surface area contributed by atoms with Crippen molar-refractivity contribution < 1.29 is 8.42 Å². The van der Waals surface area contributed by atoms with Crippen molar-refractivity contribution in [3.63, 3.8) is 0 Å². The molecule has 0 saturated carbocycles. The van der Waals surface area contributed by atoms with Gasteiger partial charge in [0.1, 0.15) is 5.15 Å². The molecule has 0 radical (unpaired) electrons. The first-order chi connectivity index (χ1) is 8.94. The standard InChI is InChI=1S/C12H12ClN3O2S/c13-12-7-11(5-6-15-12)16-19(17,18)8-9-1-3-10(14)4-2-9/h1-7H,8,14H2,(H,15,16). The molecule has 0 unspecified atom stereocenters. The highest BCUT2D eigenvalue weighted by molar-refractivity contribution is 7.91. The van der Waals surface area contributed by atoms with Gasteiger partial charge in [-0.05, 0) is 29.8 Å². The van der Waals surface area contributed by atoms with Gasteiger partial charge in [0.15, 0.2) is 0 Å². The van der Waals surface area contributed by atoms with Gasteiger partial charge in [0, 0.05) is 11.9 Å². The van der Waals surface area contributed by atoms with Crippen molar-refractivity contribution >= 4 is 33.0 Å². The number of pyridine rings is 1. The molecule has 0 aliphatic rings. The molecule has 0 fully saturated rings. The van der Waals surface area contributed by atoms with E-state index >= 15 is 0 Å². The number of nitrogens with zero attached hydrogens (tertiary/aromatic N) is 1. The molecule has 5 nitrogen and oxygen atoms in total. The van der Waals surface area contributed by atoms with E-state index in [9.17, 15) is 8.42 Å². The van der Waals surface area contributed by atoms with Crippen LogP contribution >= 0.6 is 11.6 Å². The number of aromatic nitrogens is 1. The first-order valence-corrected chi connectivity index (χ1v) is 7.44. The summed E-state index contributed by atoms with van der Waals surface area (Å²) in [7, 11) is -3.49. The van der Waals surface area contributed by atoms with Crippen molar-refractivity contribution in [2.75, 3.05) is 10.5 Å². The van der Waals surface area contributed by atoms with Crippen LogP contribution in [0.4, 0.5) is 11.4 Å². The molecule has 2 rings (SSSR count). The molecule has 19 heavy (non-hydrogen) atoms. The predicted molar refractivity (Wildman–Crippen MR) is 76.3 cm³/mol. The van der Waals surface area contributed by atoms with Crippen molar-refractivity contribution in [1.82, 2.24) is 4.98 Å². The molecule has 0 aliphatic heterocycles. The highest BCUT2D eigenvalue weighted by Gasteiger charge is 2.12. The maximum absolute atomic E-state index is 12.0. The zero-order valence-electron chi connectivity index (χ0n) is 9.88. The molecule has 1 heterocycles. The minimum absolute atomic E-state index is 0.132. The lowest BCUT2D eigenvalue weighted by molar-refractivity contribution is 0.600. The van der Waals surface area contributed by atoms with Gasteiger partial charge in [0.2, 0.25) is 10.0 Å². The lowest BCUT2D eigenvalue weighted by atomic mass is 10.2. The molecule has 3 N–H and O–H groups in total. The molecule has 0 aliphatic carbocycles. The molecule has 1 aromatic heterocycles. The number of benzene rings is 1. The number of nitrogens with one attached hydrogen (secondary N) is 1. The number of anilines is 2. The Labute approximate surface area is 116 Å². The van der Waals surface area contributed by atoms with Crippen LogP contribution in [0.5, 0.6) is 0 Å². The van der Waals surface area contributed by atoms with E-state index in [1.807, 2.05) is 0 Å². The summed E-state index contributed by atoms with van der Waals surface area (Å²) in [6.45, 7) is 0. The normalized spacial score (nSPS) is 11.2. The zero-order chi connectivity index (χ0) is 13.9. The Balaban J connectivity index is 2.13. The van der Waals surface area contributed by atoms with Crippen LogP contribution in [-0.2, 0) is 15.8 Å². The highest BCUT2D eigenvalue weighted by atomic mass is 35.5. The summed E-state index contributed by atoms with van der Waals surface area (Å²) in [6, 6.07) is 9.65. The Morgan fingerprint density at radius 3 is 2.53 bits per heavy atom. The number of nitrogens with two attached hydrogens (primary N) is 1. The monoisotopic (exact) mass is 297 g/mol. The summed E-state index contributed by atoms with van der Waals surface area (Å²) in [5.41, 5.74) is 7.18. The van der Waals surface area contributed by atoms with E-state index in [0.29, 0.717) is 16.9 Å². The van der Waals surface area contributed by atoms with Gasteiger partial charge in [-0.15, -0.1) is 0 Å². The SMILES string of the molecule is Nc1ccc(CS(=O)(=O)Nc2ccnc(Cl)c2)cc1. The summed E-state index contributed by atoms with van der Waals surface area (Å²) in [4.78, 5) is 3.78. The molecular formula is C12H12ClN3O2S. The smallest absolute Gasteiger partial charge is 0.236 e. The summed E-state index contributed by atoms with van der Waals surface area (Å²) in [5.74, 6) is -0.132. The fourth-order valence-corrected chi connectivity index (χ4v) is 2.88. The number of sulfonamides is 1. The van der Waals surface area contributed by atoms with Crippen molar-refractivity contribution in [3.05, 3.63) is 53.3 Å². The lowest BCUT2D eigenvalue weighted by Crippen LogP contribution is -2.15.